The maximum Gasteiger partial charge on any atom is 0.306 e. The van der Waals surface area contributed by atoms with Crippen molar-refractivity contribution < 1.29 is 28.6 Å². The van der Waals surface area contributed by atoms with Crippen LogP contribution in [0, 0.1) is 0 Å². The molecule has 0 saturated heterocycles. The molecule has 0 aliphatic carbocycles. The van der Waals surface area contributed by atoms with Gasteiger partial charge in [0.15, 0.2) is 6.10 Å². The summed E-state index contributed by atoms with van der Waals surface area (Å²) in [6.45, 7) is 6.57. The lowest BCUT2D eigenvalue weighted by atomic mass is 10.0. The van der Waals surface area contributed by atoms with E-state index in [2.05, 4.69) is 69.4 Å². The molecule has 76 heavy (non-hydrogen) atoms. The number of hydrogen-bond donors (Lipinski definition) is 0. The third kappa shape index (κ3) is 62.2. The number of unbranched alkanes of at least 4 members (excludes halogenated alkanes) is 43. The highest BCUT2D eigenvalue weighted by molar-refractivity contribution is 5.71. The molecule has 0 aromatic heterocycles. The van der Waals surface area contributed by atoms with Crippen molar-refractivity contribution in [3.8, 4) is 0 Å². The van der Waals surface area contributed by atoms with Crippen molar-refractivity contribution in [2.45, 2.75) is 367 Å². The number of carbonyl (C=O) groups excluding carboxylic acids is 3. The first kappa shape index (κ1) is 73.4. The van der Waals surface area contributed by atoms with Gasteiger partial charge in [-0.1, -0.05) is 333 Å². The molecule has 0 aromatic carbocycles. The largest absolute Gasteiger partial charge is 0.462 e. The van der Waals surface area contributed by atoms with Crippen molar-refractivity contribution in [3.63, 3.8) is 0 Å². The number of allylic oxidation sites excluding steroid dienone is 8. The summed E-state index contributed by atoms with van der Waals surface area (Å²) in [6, 6.07) is 0. The molecule has 0 aliphatic heterocycles. The number of carbonyl (C=O) groups is 3. The Balaban J connectivity index is 4.23. The summed E-state index contributed by atoms with van der Waals surface area (Å²) in [4.78, 5) is 38.3. The molecule has 0 bridgehead atoms. The quantitative estimate of drug-likeness (QED) is 0.0261. The molecule has 0 spiro atoms. The van der Waals surface area contributed by atoms with Crippen LogP contribution >= 0.6 is 0 Å². The van der Waals surface area contributed by atoms with Crippen LogP contribution in [0.2, 0.25) is 0 Å². The van der Waals surface area contributed by atoms with Crippen LogP contribution < -0.4 is 0 Å². The summed E-state index contributed by atoms with van der Waals surface area (Å²) >= 11 is 0. The van der Waals surface area contributed by atoms with Crippen LogP contribution in [0.1, 0.15) is 361 Å². The zero-order valence-corrected chi connectivity index (χ0v) is 51.0. The van der Waals surface area contributed by atoms with E-state index in [1.165, 1.54) is 225 Å². The first-order valence-electron chi connectivity index (χ1n) is 33.6. The molecular formula is C70H128O6. The smallest absolute Gasteiger partial charge is 0.306 e. The van der Waals surface area contributed by atoms with E-state index < -0.39 is 6.10 Å². The molecule has 0 N–H and O–H groups in total. The van der Waals surface area contributed by atoms with Gasteiger partial charge in [0.2, 0.25) is 0 Å². The van der Waals surface area contributed by atoms with Gasteiger partial charge in [0.25, 0.3) is 0 Å². The second-order valence-corrected chi connectivity index (χ2v) is 22.7. The van der Waals surface area contributed by atoms with E-state index in [4.69, 9.17) is 14.2 Å². The molecule has 0 saturated carbocycles. The van der Waals surface area contributed by atoms with Gasteiger partial charge in [0.05, 0.1) is 0 Å². The van der Waals surface area contributed by atoms with E-state index >= 15 is 0 Å². The average molecular weight is 1070 g/mol. The predicted molar refractivity (Wildman–Crippen MR) is 330 cm³/mol. The van der Waals surface area contributed by atoms with Crippen LogP contribution in [-0.4, -0.2) is 37.2 Å². The molecule has 0 aromatic rings. The Kier molecular flexibility index (Phi) is 62.6. The Hall–Kier alpha value is -2.63. The highest BCUT2D eigenvalue weighted by atomic mass is 16.6. The van der Waals surface area contributed by atoms with Gasteiger partial charge in [0.1, 0.15) is 13.2 Å². The van der Waals surface area contributed by atoms with Crippen LogP contribution in [0.4, 0.5) is 0 Å². The minimum Gasteiger partial charge on any atom is -0.462 e. The second kappa shape index (κ2) is 64.9. The molecule has 6 nitrogen and oxygen atoms in total. The Morgan fingerprint density at radius 3 is 0.803 bits per heavy atom. The summed E-state index contributed by atoms with van der Waals surface area (Å²) in [5.74, 6) is -0.878. The molecule has 0 radical (unpaired) electrons. The van der Waals surface area contributed by atoms with E-state index in [0.717, 1.165) is 96.3 Å². The minimum atomic E-state index is -0.784. The summed E-state index contributed by atoms with van der Waals surface area (Å²) in [7, 11) is 0. The first-order chi connectivity index (χ1) is 37.5. The summed E-state index contributed by atoms with van der Waals surface area (Å²) in [5.41, 5.74) is 0. The van der Waals surface area contributed by atoms with Gasteiger partial charge >= 0.3 is 17.9 Å². The van der Waals surface area contributed by atoms with Gasteiger partial charge in [-0.2, -0.15) is 0 Å². The summed E-state index contributed by atoms with van der Waals surface area (Å²) in [5, 5.41) is 0. The van der Waals surface area contributed by atoms with Crippen LogP contribution in [0.25, 0.3) is 0 Å². The monoisotopic (exact) mass is 1060 g/mol. The van der Waals surface area contributed by atoms with Crippen molar-refractivity contribution in [2.24, 2.45) is 0 Å². The molecule has 0 aliphatic rings. The van der Waals surface area contributed by atoms with E-state index in [-0.39, 0.29) is 31.1 Å². The van der Waals surface area contributed by atoms with Gasteiger partial charge in [-0.25, -0.2) is 0 Å². The highest BCUT2D eigenvalue weighted by Gasteiger charge is 2.19. The molecule has 0 heterocycles. The average Bonchev–Trinajstić information content (AvgIpc) is 3.42. The van der Waals surface area contributed by atoms with Crippen LogP contribution in [0.5, 0.6) is 0 Å². The number of rotatable bonds is 62. The van der Waals surface area contributed by atoms with Crippen molar-refractivity contribution >= 4 is 17.9 Å². The van der Waals surface area contributed by atoms with Gasteiger partial charge in [-0.15, -0.1) is 0 Å². The topological polar surface area (TPSA) is 78.9 Å². The predicted octanol–water partition coefficient (Wildman–Crippen LogP) is 22.9. The minimum absolute atomic E-state index is 0.0783. The Labute approximate surface area is 473 Å². The van der Waals surface area contributed by atoms with Crippen molar-refractivity contribution in [1.29, 1.82) is 0 Å². The highest BCUT2D eigenvalue weighted by Crippen LogP contribution is 2.18. The molecular weight excluding hydrogens is 937 g/mol. The fourth-order valence-corrected chi connectivity index (χ4v) is 10.1. The first-order valence-corrected chi connectivity index (χ1v) is 33.6. The number of hydrogen-bond acceptors (Lipinski definition) is 6. The summed E-state index contributed by atoms with van der Waals surface area (Å²) < 4.78 is 16.9. The van der Waals surface area contributed by atoms with E-state index in [1.807, 2.05) is 0 Å². The number of esters is 3. The van der Waals surface area contributed by atoms with Crippen molar-refractivity contribution in [3.05, 3.63) is 48.6 Å². The van der Waals surface area contributed by atoms with E-state index in [0.29, 0.717) is 19.3 Å². The van der Waals surface area contributed by atoms with Gasteiger partial charge in [-0.3, -0.25) is 14.4 Å². The van der Waals surface area contributed by atoms with E-state index in [9.17, 15) is 14.4 Å². The fraction of sp³-hybridized carbons (Fsp3) is 0.843. The SMILES string of the molecule is CC/C=C\C/C=C\C/C=C\C/C=C\CCCCCCC(=O)OC(COC(=O)CCCCCCCCCCCCCCCC)COC(=O)CCCCCCCCCCCCCCCCCCCCCCCCCCCCC. The lowest BCUT2D eigenvalue weighted by Gasteiger charge is -2.18. The molecule has 1 unspecified atom stereocenters. The Morgan fingerprint density at radius 2 is 0.513 bits per heavy atom. The number of ether oxygens (including phenoxy) is 3. The standard InChI is InChI=1S/C70H128O6/c1-4-7-10-13-16-19-22-25-28-30-31-32-33-34-35-36-37-38-39-41-42-45-48-51-54-57-60-63-69(72)75-66-67(65-74-68(71)62-59-56-53-50-47-44-27-24-21-18-15-12-9-6-3)76-70(73)64-61-58-55-52-49-46-43-40-29-26-23-20-17-14-11-8-5-2/h8,11,17,20,26,29,43,46,67H,4-7,9-10,12-16,18-19,21-25,27-28,30-42,44-45,47-66H2,1-3H3/b11-8-,20-17-,29-26-,46-43-. The normalized spacial score (nSPS) is 12.3. The molecule has 444 valence electrons. The Bertz CT molecular complexity index is 1310. The van der Waals surface area contributed by atoms with Crippen LogP contribution in [0.3, 0.4) is 0 Å². The fourth-order valence-electron chi connectivity index (χ4n) is 10.1. The Morgan fingerprint density at radius 1 is 0.276 bits per heavy atom. The van der Waals surface area contributed by atoms with Gasteiger partial charge in [-0.05, 0) is 57.8 Å². The van der Waals surface area contributed by atoms with E-state index in [1.54, 1.807) is 0 Å². The maximum atomic E-state index is 12.9. The van der Waals surface area contributed by atoms with Gasteiger partial charge in [0, 0.05) is 19.3 Å². The van der Waals surface area contributed by atoms with Crippen molar-refractivity contribution in [1.82, 2.24) is 0 Å². The second-order valence-electron chi connectivity index (χ2n) is 22.7. The van der Waals surface area contributed by atoms with Crippen LogP contribution in [-0.2, 0) is 28.6 Å². The molecule has 6 heteroatoms. The third-order valence-electron chi connectivity index (χ3n) is 15.1. The zero-order chi connectivity index (χ0) is 55.0. The molecule has 0 fully saturated rings. The lowest BCUT2D eigenvalue weighted by Crippen LogP contribution is -2.30. The lowest BCUT2D eigenvalue weighted by molar-refractivity contribution is -0.167. The molecule has 0 amide bonds. The van der Waals surface area contributed by atoms with Gasteiger partial charge < -0.3 is 14.2 Å². The van der Waals surface area contributed by atoms with Crippen molar-refractivity contribution in [2.75, 3.05) is 13.2 Å². The zero-order valence-electron chi connectivity index (χ0n) is 51.0. The van der Waals surface area contributed by atoms with Crippen LogP contribution in [0.15, 0.2) is 48.6 Å². The molecule has 0 rings (SSSR count). The summed E-state index contributed by atoms with van der Waals surface area (Å²) in [6.07, 6.45) is 81.4. The molecule has 1 atom stereocenters. The third-order valence-corrected chi connectivity index (χ3v) is 15.1. The maximum absolute atomic E-state index is 12.9.